The molecular weight excluding hydrogens is 270 g/mol. The molecule has 0 bridgehead atoms. The van der Waals surface area contributed by atoms with Crippen molar-refractivity contribution in [3.63, 3.8) is 0 Å². The molecule has 2 aromatic carbocycles. The maximum atomic E-state index is 12.6. The van der Waals surface area contributed by atoms with Crippen LogP contribution in [0.3, 0.4) is 0 Å². The molecule has 1 heterocycles. The third kappa shape index (κ3) is 2.96. The third-order valence-corrected chi connectivity index (χ3v) is 4.44. The zero-order valence-corrected chi connectivity index (χ0v) is 13.2. The Bertz CT molecular complexity index is 698. The van der Waals surface area contributed by atoms with E-state index in [-0.39, 0.29) is 5.91 Å². The Morgan fingerprint density at radius 2 is 1.50 bits per heavy atom. The van der Waals surface area contributed by atoms with Crippen molar-refractivity contribution < 1.29 is 4.79 Å². The summed E-state index contributed by atoms with van der Waals surface area (Å²) in [4.78, 5) is 14.5. The number of benzene rings is 2. The maximum Gasteiger partial charge on any atom is 0.254 e. The van der Waals surface area contributed by atoms with Gasteiger partial charge in [0, 0.05) is 18.7 Å². The smallest absolute Gasteiger partial charge is 0.254 e. The third-order valence-electron chi connectivity index (χ3n) is 4.44. The Labute approximate surface area is 132 Å². The van der Waals surface area contributed by atoms with Gasteiger partial charge in [0.1, 0.15) is 0 Å². The first-order valence-corrected chi connectivity index (χ1v) is 7.75. The fourth-order valence-electron chi connectivity index (χ4n) is 2.81. The summed E-state index contributed by atoms with van der Waals surface area (Å²) < 4.78 is 0. The zero-order chi connectivity index (χ0) is 15.5. The fourth-order valence-corrected chi connectivity index (χ4v) is 2.81. The molecule has 0 saturated carbocycles. The lowest BCUT2D eigenvalue weighted by Crippen LogP contribution is -2.36. The summed E-state index contributed by atoms with van der Waals surface area (Å²) in [7, 11) is 0. The summed E-state index contributed by atoms with van der Waals surface area (Å²) in [5.74, 6) is 0.131. The van der Waals surface area contributed by atoms with Crippen molar-refractivity contribution in [2.45, 2.75) is 20.3 Å². The van der Waals surface area contributed by atoms with Gasteiger partial charge in [0.05, 0.1) is 0 Å². The first-order valence-electron chi connectivity index (χ1n) is 7.75. The lowest BCUT2D eigenvalue weighted by molar-refractivity contribution is 0.0763. The monoisotopic (exact) mass is 291 g/mol. The highest BCUT2D eigenvalue weighted by molar-refractivity contribution is 5.95. The molecule has 0 radical (unpaired) electrons. The molecule has 1 aliphatic rings. The van der Waals surface area contributed by atoms with Crippen LogP contribution in [-0.2, 0) is 0 Å². The quantitative estimate of drug-likeness (QED) is 0.744. The molecule has 2 heteroatoms. The SMILES string of the molecule is CC1=C(C)CN(C(=O)c2ccc(-c3ccccc3)cc2)CC1. The van der Waals surface area contributed by atoms with Gasteiger partial charge in [-0.1, -0.05) is 53.6 Å². The van der Waals surface area contributed by atoms with Crippen molar-refractivity contribution in [3.05, 3.63) is 71.3 Å². The highest BCUT2D eigenvalue weighted by Crippen LogP contribution is 2.22. The summed E-state index contributed by atoms with van der Waals surface area (Å²) in [5, 5.41) is 0. The van der Waals surface area contributed by atoms with Gasteiger partial charge in [-0.3, -0.25) is 4.79 Å². The highest BCUT2D eigenvalue weighted by Gasteiger charge is 2.20. The topological polar surface area (TPSA) is 20.3 Å². The molecule has 0 unspecified atom stereocenters. The van der Waals surface area contributed by atoms with Crippen LogP contribution < -0.4 is 0 Å². The van der Waals surface area contributed by atoms with Gasteiger partial charge >= 0.3 is 0 Å². The highest BCUT2D eigenvalue weighted by atomic mass is 16.2. The molecule has 1 amide bonds. The largest absolute Gasteiger partial charge is 0.334 e. The Kier molecular flexibility index (Phi) is 4.10. The predicted octanol–water partition coefficient (Wildman–Crippen LogP) is 4.54. The standard InChI is InChI=1S/C20H21NO/c1-15-12-13-21(14-16(15)2)20(22)19-10-8-18(9-11-19)17-6-4-3-5-7-17/h3-11H,12-14H2,1-2H3. The molecule has 3 rings (SSSR count). The summed E-state index contributed by atoms with van der Waals surface area (Å²) >= 11 is 0. The minimum atomic E-state index is 0.131. The van der Waals surface area contributed by atoms with E-state index in [4.69, 9.17) is 0 Å². The molecule has 0 spiro atoms. The van der Waals surface area contributed by atoms with E-state index in [1.807, 2.05) is 47.4 Å². The van der Waals surface area contributed by atoms with Crippen molar-refractivity contribution >= 4 is 5.91 Å². The fraction of sp³-hybridized carbons (Fsp3) is 0.250. The molecule has 0 aromatic heterocycles. The van der Waals surface area contributed by atoms with E-state index in [1.54, 1.807) is 0 Å². The summed E-state index contributed by atoms with van der Waals surface area (Å²) in [5.41, 5.74) is 5.83. The molecule has 0 fully saturated rings. The predicted molar refractivity (Wildman–Crippen MR) is 90.8 cm³/mol. The Morgan fingerprint density at radius 3 is 2.14 bits per heavy atom. The first kappa shape index (κ1) is 14.6. The zero-order valence-electron chi connectivity index (χ0n) is 13.2. The average Bonchev–Trinajstić information content (AvgIpc) is 2.58. The number of amides is 1. The second kappa shape index (κ2) is 6.18. The van der Waals surface area contributed by atoms with Gasteiger partial charge in [0.15, 0.2) is 0 Å². The second-order valence-electron chi connectivity index (χ2n) is 5.98. The van der Waals surface area contributed by atoms with Crippen LogP contribution in [0.25, 0.3) is 11.1 Å². The molecule has 0 atom stereocenters. The van der Waals surface area contributed by atoms with Gasteiger partial charge in [-0.05, 0) is 43.5 Å². The van der Waals surface area contributed by atoms with Crippen molar-refractivity contribution in [3.8, 4) is 11.1 Å². The van der Waals surface area contributed by atoms with Crippen LogP contribution >= 0.6 is 0 Å². The normalized spacial score (nSPS) is 15.1. The van der Waals surface area contributed by atoms with Crippen molar-refractivity contribution in [2.24, 2.45) is 0 Å². The number of carbonyl (C=O) groups excluding carboxylic acids is 1. The Balaban J connectivity index is 1.77. The lowest BCUT2D eigenvalue weighted by atomic mass is 10.0. The van der Waals surface area contributed by atoms with Gasteiger partial charge in [-0.25, -0.2) is 0 Å². The van der Waals surface area contributed by atoms with E-state index in [2.05, 4.69) is 26.0 Å². The summed E-state index contributed by atoms with van der Waals surface area (Å²) in [6.07, 6.45) is 0.986. The van der Waals surface area contributed by atoms with E-state index in [0.717, 1.165) is 30.6 Å². The van der Waals surface area contributed by atoms with Crippen LogP contribution in [0.4, 0.5) is 0 Å². The molecule has 2 aromatic rings. The van der Waals surface area contributed by atoms with Gasteiger partial charge in [-0.2, -0.15) is 0 Å². The molecule has 1 aliphatic heterocycles. The van der Waals surface area contributed by atoms with Gasteiger partial charge < -0.3 is 4.90 Å². The molecule has 0 aliphatic carbocycles. The van der Waals surface area contributed by atoms with Crippen molar-refractivity contribution in [1.82, 2.24) is 4.90 Å². The summed E-state index contributed by atoms with van der Waals surface area (Å²) in [6.45, 7) is 5.85. The number of hydrogen-bond donors (Lipinski definition) is 0. The van der Waals surface area contributed by atoms with Crippen LogP contribution in [0.2, 0.25) is 0 Å². The number of rotatable bonds is 2. The van der Waals surface area contributed by atoms with E-state index in [0.29, 0.717) is 0 Å². The molecule has 2 nitrogen and oxygen atoms in total. The minimum Gasteiger partial charge on any atom is -0.334 e. The van der Waals surface area contributed by atoms with Crippen molar-refractivity contribution in [1.29, 1.82) is 0 Å². The molecular formula is C20H21NO. The number of nitrogens with zero attached hydrogens (tertiary/aromatic N) is 1. The molecule has 0 N–H and O–H groups in total. The van der Waals surface area contributed by atoms with Crippen LogP contribution in [0.15, 0.2) is 65.7 Å². The minimum absolute atomic E-state index is 0.131. The van der Waals surface area contributed by atoms with E-state index in [1.165, 1.54) is 16.7 Å². The second-order valence-corrected chi connectivity index (χ2v) is 5.98. The Hall–Kier alpha value is -2.35. The number of carbonyl (C=O) groups is 1. The molecule has 22 heavy (non-hydrogen) atoms. The van der Waals surface area contributed by atoms with E-state index < -0.39 is 0 Å². The molecule has 112 valence electrons. The van der Waals surface area contributed by atoms with Gasteiger partial charge in [0.2, 0.25) is 0 Å². The summed E-state index contributed by atoms with van der Waals surface area (Å²) in [6, 6.07) is 18.2. The van der Waals surface area contributed by atoms with Crippen molar-refractivity contribution in [2.75, 3.05) is 13.1 Å². The van der Waals surface area contributed by atoms with Crippen LogP contribution in [0.5, 0.6) is 0 Å². The van der Waals surface area contributed by atoms with E-state index in [9.17, 15) is 4.79 Å². The lowest BCUT2D eigenvalue weighted by Gasteiger charge is -2.28. The average molecular weight is 291 g/mol. The molecule has 0 saturated heterocycles. The Morgan fingerprint density at radius 1 is 0.864 bits per heavy atom. The van der Waals surface area contributed by atoms with E-state index >= 15 is 0 Å². The van der Waals surface area contributed by atoms with Gasteiger partial charge in [-0.15, -0.1) is 0 Å². The van der Waals surface area contributed by atoms with Gasteiger partial charge in [0.25, 0.3) is 5.91 Å². The maximum absolute atomic E-state index is 12.6. The first-order chi connectivity index (χ1) is 10.6. The van der Waals surface area contributed by atoms with Crippen LogP contribution in [0, 0.1) is 0 Å². The van der Waals surface area contributed by atoms with Crippen LogP contribution in [0.1, 0.15) is 30.6 Å². The number of hydrogen-bond acceptors (Lipinski definition) is 1. The van der Waals surface area contributed by atoms with Crippen LogP contribution in [-0.4, -0.2) is 23.9 Å².